The number of carbonyl (C=O) groups excluding carboxylic acids is 1. The normalized spacial score (nSPS) is 15.7. The number of methoxy groups -OCH3 is 1. The fourth-order valence-electron chi connectivity index (χ4n) is 4.13. The van der Waals surface area contributed by atoms with E-state index in [1.54, 1.807) is 12.1 Å². The Balaban J connectivity index is 1.43. The maximum Gasteiger partial charge on any atom is 0.407 e. The molecule has 0 unspecified atom stereocenters. The molecule has 1 aliphatic heterocycles. The van der Waals surface area contributed by atoms with Crippen LogP contribution >= 0.6 is 11.6 Å². The number of ether oxygens (including phenoxy) is 1. The first-order chi connectivity index (χ1) is 17.5. The zero-order chi connectivity index (χ0) is 25.2. The fourth-order valence-corrected chi connectivity index (χ4v) is 4.41. The minimum Gasteiger partial charge on any atom is -0.453 e. The van der Waals surface area contributed by atoms with Gasteiger partial charge in [-0.1, -0.05) is 11.6 Å². The molecule has 3 N–H and O–H groups in total. The summed E-state index contributed by atoms with van der Waals surface area (Å²) >= 11 is 6.81. The van der Waals surface area contributed by atoms with Gasteiger partial charge >= 0.3 is 6.09 Å². The van der Waals surface area contributed by atoms with E-state index in [2.05, 4.69) is 52.8 Å². The van der Waals surface area contributed by atoms with E-state index in [1.165, 1.54) is 17.8 Å². The third-order valence-corrected chi connectivity index (χ3v) is 6.56. The van der Waals surface area contributed by atoms with Gasteiger partial charge in [0, 0.05) is 25.2 Å². The van der Waals surface area contributed by atoms with E-state index in [1.807, 2.05) is 0 Å². The molecule has 5 rings (SSSR count). The van der Waals surface area contributed by atoms with Gasteiger partial charge in [0.05, 0.1) is 41.3 Å². The van der Waals surface area contributed by atoms with Gasteiger partial charge in [-0.2, -0.15) is 20.0 Å². The molecule has 184 valence electrons. The molecule has 3 heterocycles. The Morgan fingerprint density at radius 1 is 1.17 bits per heavy atom. The van der Waals surface area contributed by atoms with Crippen molar-refractivity contribution in [2.75, 3.05) is 35.7 Å². The molecule has 0 spiro atoms. The van der Waals surface area contributed by atoms with Crippen molar-refractivity contribution in [3.8, 4) is 12.1 Å². The molecule has 2 aromatic heterocycles. The van der Waals surface area contributed by atoms with Gasteiger partial charge in [0.25, 0.3) is 0 Å². The monoisotopic (exact) mass is 506 g/mol. The molecular formula is C23H23ClN10O2. The van der Waals surface area contributed by atoms with Gasteiger partial charge < -0.3 is 25.6 Å². The number of alkyl carbamates (subject to hydrolysis) is 1. The van der Waals surface area contributed by atoms with Crippen molar-refractivity contribution >= 4 is 46.5 Å². The van der Waals surface area contributed by atoms with Crippen molar-refractivity contribution in [3.63, 3.8) is 0 Å². The maximum atomic E-state index is 11.5. The number of hydrogen-bond acceptors (Lipinski definition) is 10. The topological polar surface area (TPSA) is 156 Å². The van der Waals surface area contributed by atoms with Crippen LogP contribution < -0.4 is 20.9 Å². The smallest absolute Gasteiger partial charge is 0.407 e. The first-order valence-electron chi connectivity index (χ1n) is 11.5. The third-order valence-electron chi connectivity index (χ3n) is 6.17. The van der Waals surface area contributed by atoms with Crippen LogP contribution in [-0.4, -0.2) is 58.0 Å². The van der Waals surface area contributed by atoms with E-state index in [9.17, 15) is 15.3 Å². The third kappa shape index (κ3) is 4.76. The average molecular weight is 507 g/mol. The van der Waals surface area contributed by atoms with Crippen LogP contribution in [0.2, 0.25) is 5.02 Å². The number of nitrogens with zero attached hydrogens (tertiary/aromatic N) is 7. The molecule has 12 nitrogen and oxygen atoms in total. The number of nitrogens with one attached hydrogen (secondary N) is 3. The molecular weight excluding hydrogens is 484 g/mol. The molecule has 13 heteroatoms. The lowest BCUT2D eigenvalue weighted by Crippen LogP contribution is -2.44. The van der Waals surface area contributed by atoms with Gasteiger partial charge in [0.15, 0.2) is 17.2 Å². The van der Waals surface area contributed by atoms with Gasteiger partial charge in [-0.25, -0.2) is 9.78 Å². The Kier molecular flexibility index (Phi) is 6.36. The van der Waals surface area contributed by atoms with E-state index < -0.39 is 6.09 Å². The predicted molar refractivity (Wildman–Crippen MR) is 132 cm³/mol. The van der Waals surface area contributed by atoms with Gasteiger partial charge in [-0.3, -0.25) is 0 Å². The summed E-state index contributed by atoms with van der Waals surface area (Å²) in [6.45, 7) is 1.28. The minimum atomic E-state index is -0.450. The van der Waals surface area contributed by atoms with Crippen LogP contribution in [0.25, 0.3) is 5.65 Å². The maximum absolute atomic E-state index is 11.5. The van der Waals surface area contributed by atoms with Crippen molar-refractivity contribution in [1.29, 1.82) is 10.5 Å². The van der Waals surface area contributed by atoms with E-state index >= 15 is 0 Å². The highest BCUT2D eigenvalue weighted by Crippen LogP contribution is 2.37. The van der Waals surface area contributed by atoms with E-state index in [4.69, 9.17) is 11.6 Å². The standard InChI is InChI=1S/C23H23ClN10O2/c1-36-23(35)29-15-4-6-33(7-5-15)18-9-13(10-25)8-17(19(18)24)30-22-31-20(28-14-2-3-14)21-27-12-16(11-26)34(21)32-22/h8-9,12,14-15H,2-7H2,1H3,(H,29,35)(H2,28,30,31,32). The Bertz CT molecular complexity index is 1400. The van der Waals surface area contributed by atoms with Crippen LogP contribution in [-0.2, 0) is 4.74 Å². The summed E-state index contributed by atoms with van der Waals surface area (Å²) in [4.78, 5) is 22.5. The number of piperidine rings is 1. The van der Waals surface area contributed by atoms with Crippen molar-refractivity contribution < 1.29 is 9.53 Å². The number of amides is 1. The molecule has 1 amide bonds. The first-order valence-corrected chi connectivity index (χ1v) is 11.9. The number of halogens is 1. The second kappa shape index (κ2) is 9.76. The number of carbonyl (C=O) groups is 1. The number of fused-ring (bicyclic) bond motifs is 1. The Hall–Kier alpha value is -4.29. The zero-order valence-corrected chi connectivity index (χ0v) is 20.2. The zero-order valence-electron chi connectivity index (χ0n) is 19.5. The SMILES string of the molecule is COC(=O)NC1CCN(c2cc(C#N)cc(Nc3nc(NC4CC4)c4ncc(C#N)n4n3)c2Cl)CC1. The number of aromatic nitrogens is 4. The van der Waals surface area contributed by atoms with Crippen LogP contribution in [0.4, 0.5) is 27.9 Å². The van der Waals surface area contributed by atoms with Gasteiger partial charge in [0.1, 0.15) is 6.07 Å². The van der Waals surface area contributed by atoms with Crippen LogP contribution in [0.1, 0.15) is 36.9 Å². The Morgan fingerprint density at radius 3 is 2.61 bits per heavy atom. The van der Waals surface area contributed by atoms with Crippen molar-refractivity contribution in [3.05, 3.63) is 34.6 Å². The summed E-state index contributed by atoms with van der Waals surface area (Å²) in [7, 11) is 1.34. The van der Waals surface area contributed by atoms with Crippen molar-refractivity contribution in [2.45, 2.75) is 37.8 Å². The Morgan fingerprint density at radius 2 is 1.94 bits per heavy atom. The number of nitriles is 2. The second-order valence-electron chi connectivity index (χ2n) is 8.68. The molecule has 1 saturated carbocycles. The summed E-state index contributed by atoms with van der Waals surface area (Å²) in [6.07, 6.45) is 4.49. The lowest BCUT2D eigenvalue weighted by Gasteiger charge is -2.34. The van der Waals surface area contributed by atoms with Crippen molar-refractivity contribution in [2.24, 2.45) is 0 Å². The summed E-state index contributed by atoms with van der Waals surface area (Å²) in [5, 5.41) is 33.3. The van der Waals surface area contributed by atoms with E-state index in [0.717, 1.165) is 12.8 Å². The molecule has 2 aliphatic rings. The summed E-state index contributed by atoms with van der Waals surface area (Å²) < 4.78 is 6.12. The number of anilines is 4. The largest absolute Gasteiger partial charge is 0.453 e. The molecule has 0 bridgehead atoms. The van der Waals surface area contributed by atoms with Gasteiger partial charge in [-0.05, 0) is 37.8 Å². The molecule has 2 fully saturated rings. The predicted octanol–water partition coefficient (Wildman–Crippen LogP) is 3.16. The summed E-state index contributed by atoms with van der Waals surface area (Å²) in [6, 6.07) is 7.96. The summed E-state index contributed by atoms with van der Waals surface area (Å²) in [5.74, 6) is 0.730. The average Bonchev–Trinajstić information content (AvgIpc) is 3.61. The van der Waals surface area contributed by atoms with Gasteiger partial charge in [0.2, 0.25) is 5.95 Å². The van der Waals surface area contributed by atoms with Crippen LogP contribution in [0.5, 0.6) is 0 Å². The minimum absolute atomic E-state index is 0.00578. The van der Waals surface area contributed by atoms with Crippen LogP contribution in [0.15, 0.2) is 18.3 Å². The quantitative estimate of drug-likeness (QED) is 0.453. The van der Waals surface area contributed by atoms with Crippen molar-refractivity contribution in [1.82, 2.24) is 24.9 Å². The number of benzene rings is 1. The molecule has 3 aromatic rings. The second-order valence-corrected chi connectivity index (χ2v) is 9.06. The highest BCUT2D eigenvalue weighted by Gasteiger charge is 2.26. The van der Waals surface area contributed by atoms with Gasteiger partial charge in [-0.15, -0.1) is 5.10 Å². The molecule has 36 heavy (non-hydrogen) atoms. The number of rotatable bonds is 6. The molecule has 0 atom stereocenters. The lowest BCUT2D eigenvalue weighted by atomic mass is 10.0. The van der Waals surface area contributed by atoms with E-state index in [0.29, 0.717) is 65.4 Å². The number of hydrogen-bond donors (Lipinski definition) is 3. The van der Waals surface area contributed by atoms with E-state index in [-0.39, 0.29) is 17.7 Å². The highest BCUT2D eigenvalue weighted by molar-refractivity contribution is 6.36. The fraction of sp³-hybridized carbons (Fsp3) is 0.391. The lowest BCUT2D eigenvalue weighted by molar-refractivity contribution is 0.164. The molecule has 1 aromatic carbocycles. The number of imidazole rings is 1. The first kappa shape index (κ1) is 23.5. The summed E-state index contributed by atoms with van der Waals surface area (Å²) in [5.41, 5.74) is 2.33. The molecule has 0 radical (unpaired) electrons. The molecule has 1 aliphatic carbocycles. The van der Waals surface area contributed by atoms with Crippen LogP contribution in [0, 0.1) is 22.7 Å². The van der Waals surface area contributed by atoms with Crippen LogP contribution in [0.3, 0.4) is 0 Å². The highest BCUT2D eigenvalue weighted by atomic mass is 35.5. The molecule has 1 saturated heterocycles. The Labute approximate surface area is 211 Å².